The molecule has 7 nitrogen and oxygen atoms in total. The molecule has 0 bridgehead atoms. The fraction of sp³-hybridized carbons (Fsp3) is 0.722. The van der Waals surface area contributed by atoms with Crippen LogP contribution in [0.5, 0.6) is 0 Å². The molecule has 2 fully saturated rings. The molecule has 3 rings (SSSR count). The maximum absolute atomic E-state index is 12.7. The summed E-state index contributed by atoms with van der Waals surface area (Å²) < 4.78 is 5.23. The number of nitrogens with zero attached hydrogens (tertiary/aromatic N) is 4. The Bertz CT molecular complexity index is 627. The van der Waals surface area contributed by atoms with Crippen LogP contribution in [-0.2, 0) is 16.1 Å². The van der Waals surface area contributed by atoms with Gasteiger partial charge in [0.1, 0.15) is 5.76 Å². The molecule has 0 radical (unpaired) electrons. The van der Waals surface area contributed by atoms with Gasteiger partial charge in [-0.3, -0.25) is 14.5 Å². The quantitative estimate of drug-likeness (QED) is 0.817. The molecule has 1 aromatic rings. The normalized spacial score (nSPS) is 22.3. The summed E-state index contributed by atoms with van der Waals surface area (Å²) in [5.74, 6) is 0.928. The van der Waals surface area contributed by atoms with Crippen molar-refractivity contribution in [2.75, 3.05) is 32.7 Å². The fourth-order valence-corrected chi connectivity index (χ4v) is 3.73. The van der Waals surface area contributed by atoms with Crippen LogP contribution in [-0.4, -0.2) is 70.4 Å². The summed E-state index contributed by atoms with van der Waals surface area (Å²) >= 11 is 0. The molecular weight excluding hydrogens is 320 g/mol. The van der Waals surface area contributed by atoms with E-state index in [0.29, 0.717) is 26.1 Å². The van der Waals surface area contributed by atoms with Gasteiger partial charge < -0.3 is 14.3 Å². The first kappa shape index (κ1) is 17.9. The van der Waals surface area contributed by atoms with E-state index in [0.717, 1.165) is 36.7 Å². The Morgan fingerprint density at radius 2 is 1.92 bits per heavy atom. The molecule has 1 aromatic heterocycles. The third-order valence-electron chi connectivity index (χ3n) is 5.38. The van der Waals surface area contributed by atoms with Gasteiger partial charge >= 0.3 is 0 Å². The lowest BCUT2D eigenvalue weighted by Gasteiger charge is -2.35. The Hall–Kier alpha value is -1.89. The number of aryl methyl sites for hydroxylation is 2. The average molecular weight is 348 g/mol. The molecule has 0 aromatic carbocycles. The van der Waals surface area contributed by atoms with Gasteiger partial charge in [-0.2, -0.15) is 0 Å². The molecule has 25 heavy (non-hydrogen) atoms. The number of piperazine rings is 1. The molecule has 138 valence electrons. The van der Waals surface area contributed by atoms with Crippen LogP contribution in [0.15, 0.2) is 4.52 Å². The molecule has 2 amide bonds. The fourth-order valence-electron chi connectivity index (χ4n) is 3.73. The van der Waals surface area contributed by atoms with E-state index in [-0.39, 0.29) is 23.8 Å². The summed E-state index contributed by atoms with van der Waals surface area (Å²) in [4.78, 5) is 30.9. The van der Waals surface area contributed by atoms with E-state index in [1.807, 2.05) is 37.5 Å². The van der Waals surface area contributed by atoms with Gasteiger partial charge in [0.05, 0.1) is 11.6 Å². The van der Waals surface area contributed by atoms with Crippen LogP contribution in [0.3, 0.4) is 0 Å². The Balaban J connectivity index is 1.52. The van der Waals surface area contributed by atoms with Crippen molar-refractivity contribution in [1.29, 1.82) is 0 Å². The van der Waals surface area contributed by atoms with E-state index in [4.69, 9.17) is 4.52 Å². The van der Waals surface area contributed by atoms with E-state index < -0.39 is 0 Å². The van der Waals surface area contributed by atoms with Crippen LogP contribution in [0.25, 0.3) is 0 Å². The first-order valence-electron chi connectivity index (χ1n) is 9.09. The molecule has 0 N–H and O–H groups in total. The monoisotopic (exact) mass is 348 g/mol. The van der Waals surface area contributed by atoms with Gasteiger partial charge in [0, 0.05) is 57.3 Å². The molecule has 0 aliphatic carbocycles. The molecule has 0 saturated carbocycles. The highest BCUT2D eigenvalue weighted by Gasteiger charge is 2.38. The Kier molecular flexibility index (Phi) is 5.13. The third kappa shape index (κ3) is 3.71. The van der Waals surface area contributed by atoms with E-state index in [1.165, 1.54) is 0 Å². The summed E-state index contributed by atoms with van der Waals surface area (Å²) in [5, 5.41) is 4.00. The number of carbonyl (C=O) groups is 2. The second kappa shape index (κ2) is 7.15. The molecule has 2 saturated heterocycles. The number of hydrogen-bond donors (Lipinski definition) is 0. The molecule has 1 atom stereocenters. The van der Waals surface area contributed by atoms with E-state index in [9.17, 15) is 9.59 Å². The van der Waals surface area contributed by atoms with Crippen molar-refractivity contribution < 1.29 is 14.1 Å². The van der Waals surface area contributed by atoms with Crippen LogP contribution in [0.4, 0.5) is 0 Å². The second-order valence-electron chi connectivity index (χ2n) is 7.45. The molecule has 2 aliphatic heterocycles. The van der Waals surface area contributed by atoms with Crippen molar-refractivity contribution in [3.8, 4) is 0 Å². The number of carbonyl (C=O) groups excluding carboxylic acids is 2. The van der Waals surface area contributed by atoms with Gasteiger partial charge in [-0.25, -0.2) is 0 Å². The maximum atomic E-state index is 12.7. The minimum absolute atomic E-state index is 0.102. The predicted molar refractivity (Wildman–Crippen MR) is 92.8 cm³/mol. The van der Waals surface area contributed by atoms with Crippen LogP contribution in [0.1, 0.15) is 37.3 Å². The Morgan fingerprint density at radius 1 is 1.24 bits per heavy atom. The number of hydrogen-bond acceptors (Lipinski definition) is 5. The minimum Gasteiger partial charge on any atom is -0.361 e. The highest BCUT2D eigenvalue weighted by atomic mass is 16.5. The highest BCUT2D eigenvalue weighted by molar-refractivity contribution is 5.89. The van der Waals surface area contributed by atoms with Gasteiger partial charge in [-0.05, 0) is 27.7 Å². The van der Waals surface area contributed by atoms with Crippen molar-refractivity contribution in [2.45, 2.75) is 46.7 Å². The summed E-state index contributed by atoms with van der Waals surface area (Å²) in [6, 6.07) is 0.164. The van der Waals surface area contributed by atoms with Crippen LogP contribution < -0.4 is 0 Å². The largest absolute Gasteiger partial charge is 0.361 e. The zero-order valence-electron chi connectivity index (χ0n) is 15.6. The summed E-state index contributed by atoms with van der Waals surface area (Å²) in [5.41, 5.74) is 2.09. The number of likely N-dealkylation sites (tertiary alicyclic amines) is 1. The summed E-state index contributed by atoms with van der Waals surface area (Å²) in [6.07, 6.45) is 0.357. The zero-order chi connectivity index (χ0) is 18.1. The van der Waals surface area contributed by atoms with Crippen molar-refractivity contribution in [1.82, 2.24) is 19.9 Å². The van der Waals surface area contributed by atoms with Gasteiger partial charge in [-0.15, -0.1) is 0 Å². The van der Waals surface area contributed by atoms with E-state index in [2.05, 4.69) is 10.1 Å². The van der Waals surface area contributed by atoms with Crippen LogP contribution in [0.2, 0.25) is 0 Å². The predicted octanol–water partition coefficient (Wildman–Crippen LogP) is 1.19. The number of aromatic nitrogens is 1. The minimum atomic E-state index is -0.177. The smallest absolute Gasteiger partial charge is 0.228 e. The van der Waals surface area contributed by atoms with Crippen molar-refractivity contribution in [2.24, 2.45) is 5.92 Å². The lowest BCUT2D eigenvalue weighted by molar-refractivity contribution is -0.137. The molecule has 3 heterocycles. The first-order chi connectivity index (χ1) is 11.9. The highest BCUT2D eigenvalue weighted by Crippen LogP contribution is 2.23. The standard InChI is InChI=1S/C18H28N4O3/c1-12(2)22-10-15(9-17(22)23)18(24)21-7-5-20(6-8-21)11-16-13(3)19-25-14(16)4/h12,15H,5-11H2,1-4H3/t15-/m1/s1. The topological polar surface area (TPSA) is 69.9 Å². The zero-order valence-corrected chi connectivity index (χ0v) is 15.6. The summed E-state index contributed by atoms with van der Waals surface area (Å²) in [6.45, 7) is 12.4. The molecule has 0 spiro atoms. The van der Waals surface area contributed by atoms with Gasteiger partial charge in [0.15, 0.2) is 0 Å². The Morgan fingerprint density at radius 3 is 2.44 bits per heavy atom. The number of rotatable bonds is 4. The van der Waals surface area contributed by atoms with E-state index >= 15 is 0 Å². The molecule has 7 heteroatoms. The van der Waals surface area contributed by atoms with Gasteiger partial charge in [0.2, 0.25) is 11.8 Å². The Labute approximate surface area is 148 Å². The number of amides is 2. The maximum Gasteiger partial charge on any atom is 0.228 e. The molecule has 0 unspecified atom stereocenters. The summed E-state index contributed by atoms with van der Waals surface area (Å²) in [7, 11) is 0. The van der Waals surface area contributed by atoms with Crippen molar-refractivity contribution in [3.63, 3.8) is 0 Å². The van der Waals surface area contributed by atoms with Crippen molar-refractivity contribution in [3.05, 3.63) is 17.0 Å². The van der Waals surface area contributed by atoms with Crippen molar-refractivity contribution >= 4 is 11.8 Å². The molecule has 2 aliphatic rings. The average Bonchev–Trinajstić information content (AvgIpc) is 3.12. The SMILES string of the molecule is Cc1noc(C)c1CN1CCN(C(=O)[C@@H]2CC(=O)N(C(C)C)C2)CC1. The van der Waals surface area contributed by atoms with Gasteiger partial charge in [0.25, 0.3) is 0 Å². The first-order valence-corrected chi connectivity index (χ1v) is 9.09. The van der Waals surface area contributed by atoms with Gasteiger partial charge in [-0.1, -0.05) is 5.16 Å². The van der Waals surface area contributed by atoms with Crippen LogP contribution >= 0.6 is 0 Å². The second-order valence-corrected chi connectivity index (χ2v) is 7.45. The van der Waals surface area contributed by atoms with Crippen LogP contribution in [0, 0.1) is 19.8 Å². The lowest BCUT2D eigenvalue weighted by Crippen LogP contribution is -2.50. The lowest BCUT2D eigenvalue weighted by atomic mass is 10.1. The third-order valence-corrected chi connectivity index (χ3v) is 5.38. The molecular formula is C18H28N4O3. The van der Waals surface area contributed by atoms with E-state index in [1.54, 1.807) is 0 Å².